The van der Waals surface area contributed by atoms with Crippen molar-refractivity contribution >= 4 is 41.2 Å². The van der Waals surface area contributed by atoms with Gasteiger partial charge in [-0.15, -0.1) is 0 Å². The third kappa shape index (κ3) is 5.98. The number of rotatable bonds is 8. The van der Waals surface area contributed by atoms with Gasteiger partial charge in [0, 0.05) is 16.1 Å². The van der Waals surface area contributed by atoms with E-state index in [1.54, 1.807) is 32.0 Å². The smallest absolute Gasteiger partial charge is 0.359 e. The van der Waals surface area contributed by atoms with Crippen LogP contribution >= 0.6 is 23.2 Å². The van der Waals surface area contributed by atoms with Gasteiger partial charge in [-0.05, 0) is 52.0 Å². The standard InChI is InChI=1S/C20H22Cl2N2O5/c1-5-27-17(25)8-7-16-18(20(26)28-6-2)23-24(12(3)4)19(16)29-15-10-13(21)9-14(22)11-15/h7-12H,5-6H2,1-4H3/b8-7+. The number of nitrogens with zero attached hydrogens (tertiary/aromatic N) is 2. The van der Waals surface area contributed by atoms with Crippen LogP contribution in [0, 0.1) is 0 Å². The molecule has 7 nitrogen and oxygen atoms in total. The van der Waals surface area contributed by atoms with Gasteiger partial charge in [-0.3, -0.25) is 0 Å². The largest absolute Gasteiger partial charge is 0.463 e. The molecule has 0 radical (unpaired) electrons. The molecule has 29 heavy (non-hydrogen) atoms. The molecule has 0 aliphatic carbocycles. The summed E-state index contributed by atoms with van der Waals surface area (Å²) in [5.74, 6) is -0.604. The topological polar surface area (TPSA) is 79.7 Å². The minimum absolute atomic E-state index is 0.0178. The second kappa shape index (κ2) is 10.3. The molecular formula is C20H22Cl2N2O5. The van der Waals surface area contributed by atoms with Crippen LogP contribution in [0.4, 0.5) is 0 Å². The lowest BCUT2D eigenvalue weighted by atomic mass is 10.2. The number of hydrogen-bond acceptors (Lipinski definition) is 6. The van der Waals surface area contributed by atoms with Crippen molar-refractivity contribution < 1.29 is 23.8 Å². The van der Waals surface area contributed by atoms with E-state index in [0.717, 1.165) is 0 Å². The molecule has 9 heteroatoms. The minimum Gasteiger partial charge on any atom is -0.463 e. The van der Waals surface area contributed by atoms with E-state index in [-0.39, 0.29) is 36.4 Å². The zero-order chi connectivity index (χ0) is 21.6. The zero-order valence-electron chi connectivity index (χ0n) is 16.6. The molecule has 0 saturated carbocycles. The van der Waals surface area contributed by atoms with Crippen molar-refractivity contribution in [2.75, 3.05) is 13.2 Å². The van der Waals surface area contributed by atoms with Crippen LogP contribution in [0.5, 0.6) is 11.6 Å². The van der Waals surface area contributed by atoms with Crippen LogP contribution in [-0.4, -0.2) is 34.9 Å². The van der Waals surface area contributed by atoms with E-state index in [0.29, 0.717) is 15.8 Å². The first-order chi connectivity index (χ1) is 13.8. The van der Waals surface area contributed by atoms with Crippen molar-refractivity contribution in [1.82, 2.24) is 9.78 Å². The fraction of sp³-hybridized carbons (Fsp3) is 0.350. The Kier molecular flexibility index (Phi) is 8.10. The Hall–Kier alpha value is -2.51. The molecule has 0 aliphatic rings. The Balaban J connectivity index is 2.60. The van der Waals surface area contributed by atoms with Gasteiger partial charge in [0.2, 0.25) is 5.88 Å². The predicted octanol–water partition coefficient (Wildman–Crippen LogP) is 5.32. The normalized spacial score (nSPS) is 11.1. The average Bonchev–Trinajstić information content (AvgIpc) is 2.98. The maximum Gasteiger partial charge on any atom is 0.359 e. The van der Waals surface area contributed by atoms with Gasteiger partial charge in [0.1, 0.15) is 5.75 Å². The van der Waals surface area contributed by atoms with Crippen molar-refractivity contribution in [3.8, 4) is 11.6 Å². The minimum atomic E-state index is -0.635. The van der Waals surface area contributed by atoms with Gasteiger partial charge in [0.05, 0.1) is 24.8 Å². The Morgan fingerprint density at radius 1 is 1.10 bits per heavy atom. The molecule has 2 rings (SSSR count). The van der Waals surface area contributed by atoms with Gasteiger partial charge in [-0.25, -0.2) is 14.3 Å². The number of benzene rings is 1. The number of aromatic nitrogens is 2. The molecule has 156 valence electrons. The molecular weight excluding hydrogens is 419 g/mol. The number of esters is 2. The van der Waals surface area contributed by atoms with Crippen molar-refractivity contribution in [2.45, 2.75) is 33.7 Å². The summed E-state index contributed by atoms with van der Waals surface area (Å²) in [5, 5.41) is 5.11. The van der Waals surface area contributed by atoms with E-state index in [1.165, 1.54) is 16.8 Å². The first-order valence-corrected chi connectivity index (χ1v) is 9.80. The molecule has 0 aliphatic heterocycles. The van der Waals surface area contributed by atoms with Crippen LogP contribution in [0.25, 0.3) is 6.08 Å². The Labute approximate surface area is 179 Å². The summed E-state index contributed by atoms with van der Waals surface area (Å²) in [4.78, 5) is 24.2. The Morgan fingerprint density at radius 3 is 2.28 bits per heavy atom. The van der Waals surface area contributed by atoms with E-state index in [1.807, 2.05) is 13.8 Å². The fourth-order valence-electron chi connectivity index (χ4n) is 2.42. The second-order valence-corrected chi connectivity index (χ2v) is 6.99. The highest BCUT2D eigenvalue weighted by atomic mass is 35.5. The van der Waals surface area contributed by atoms with Crippen LogP contribution in [0.3, 0.4) is 0 Å². The molecule has 0 amide bonds. The Morgan fingerprint density at radius 2 is 1.72 bits per heavy atom. The summed E-state index contributed by atoms with van der Waals surface area (Å²) < 4.78 is 17.5. The maximum atomic E-state index is 12.4. The summed E-state index contributed by atoms with van der Waals surface area (Å²) in [5.41, 5.74) is 0.297. The van der Waals surface area contributed by atoms with Crippen molar-refractivity contribution in [3.05, 3.63) is 45.6 Å². The van der Waals surface area contributed by atoms with Crippen LogP contribution in [0.2, 0.25) is 10.0 Å². The molecule has 2 aromatic rings. The highest BCUT2D eigenvalue weighted by Crippen LogP contribution is 2.34. The molecule has 0 spiro atoms. The lowest BCUT2D eigenvalue weighted by molar-refractivity contribution is -0.137. The van der Waals surface area contributed by atoms with E-state index >= 15 is 0 Å². The predicted molar refractivity (Wildman–Crippen MR) is 111 cm³/mol. The first-order valence-electron chi connectivity index (χ1n) is 9.05. The van der Waals surface area contributed by atoms with E-state index in [4.69, 9.17) is 37.4 Å². The van der Waals surface area contributed by atoms with Crippen molar-refractivity contribution in [1.29, 1.82) is 0 Å². The molecule has 1 heterocycles. The third-order valence-corrected chi connectivity index (χ3v) is 4.02. The summed E-state index contributed by atoms with van der Waals surface area (Å²) in [6.07, 6.45) is 2.61. The van der Waals surface area contributed by atoms with Crippen LogP contribution in [-0.2, 0) is 14.3 Å². The summed E-state index contributed by atoms with van der Waals surface area (Å²) in [6.45, 7) is 7.54. The third-order valence-electron chi connectivity index (χ3n) is 3.58. The van der Waals surface area contributed by atoms with E-state index in [9.17, 15) is 9.59 Å². The van der Waals surface area contributed by atoms with Gasteiger partial charge in [0.25, 0.3) is 0 Å². The summed E-state index contributed by atoms with van der Waals surface area (Å²) >= 11 is 12.1. The molecule has 0 fully saturated rings. The molecule has 0 saturated heterocycles. The molecule has 0 unspecified atom stereocenters. The van der Waals surface area contributed by atoms with E-state index < -0.39 is 11.9 Å². The molecule has 0 bridgehead atoms. The monoisotopic (exact) mass is 440 g/mol. The lowest BCUT2D eigenvalue weighted by Crippen LogP contribution is -2.09. The fourth-order valence-corrected chi connectivity index (χ4v) is 2.93. The molecule has 0 atom stereocenters. The number of carbonyl (C=O) groups is 2. The van der Waals surface area contributed by atoms with Gasteiger partial charge >= 0.3 is 11.9 Å². The number of carbonyl (C=O) groups excluding carboxylic acids is 2. The SMILES string of the molecule is CCOC(=O)/C=C/c1c(C(=O)OCC)nn(C(C)C)c1Oc1cc(Cl)cc(Cl)c1. The highest BCUT2D eigenvalue weighted by molar-refractivity contribution is 6.34. The van der Waals surface area contributed by atoms with Gasteiger partial charge < -0.3 is 14.2 Å². The summed E-state index contributed by atoms with van der Waals surface area (Å²) in [7, 11) is 0. The first kappa shape index (κ1) is 22.8. The number of hydrogen-bond donors (Lipinski definition) is 0. The second-order valence-electron chi connectivity index (χ2n) is 6.12. The van der Waals surface area contributed by atoms with Crippen LogP contribution in [0.1, 0.15) is 49.8 Å². The quantitative estimate of drug-likeness (QED) is 0.408. The molecule has 1 aromatic carbocycles. The van der Waals surface area contributed by atoms with Crippen LogP contribution in [0.15, 0.2) is 24.3 Å². The highest BCUT2D eigenvalue weighted by Gasteiger charge is 2.26. The molecule has 1 aromatic heterocycles. The number of ether oxygens (including phenoxy) is 3. The average molecular weight is 441 g/mol. The summed E-state index contributed by atoms with van der Waals surface area (Å²) in [6, 6.07) is 4.57. The van der Waals surface area contributed by atoms with Crippen molar-refractivity contribution in [3.63, 3.8) is 0 Å². The number of halogens is 2. The Bertz CT molecular complexity index is 902. The van der Waals surface area contributed by atoms with Gasteiger partial charge in [0.15, 0.2) is 5.69 Å². The van der Waals surface area contributed by atoms with Gasteiger partial charge in [-0.2, -0.15) is 5.10 Å². The maximum absolute atomic E-state index is 12.4. The van der Waals surface area contributed by atoms with Crippen molar-refractivity contribution in [2.24, 2.45) is 0 Å². The zero-order valence-corrected chi connectivity index (χ0v) is 18.1. The lowest BCUT2D eigenvalue weighted by Gasteiger charge is -2.13. The van der Waals surface area contributed by atoms with Gasteiger partial charge in [-0.1, -0.05) is 23.2 Å². The van der Waals surface area contributed by atoms with Crippen LogP contribution < -0.4 is 4.74 Å². The van der Waals surface area contributed by atoms with E-state index in [2.05, 4.69) is 5.10 Å². The molecule has 0 N–H and O–H groups in total.